The van der Waals surface area contributed by atoms with Gasteiger partial charge in [0.1, 0.15) is 11.9 Å². The van der Waals surface area contributed by atoms with E-state index in [1.807, 2.05) is 20.8 Å². The van der Waals surface area contributed by atoms with Crippen LogP contribution >= 0.6 is 11.3 Å². The van der Waals surface area contributed by atoms with Gasteiger partial charge >= 0.3 is 5.97 Å². The van der Waals surface area contributed by atoms with E-state index in [4.69, 9.17) is 9.84 Å². The molecule has 2 N–H and O–H groups in total. The lowest BCUT2D eigenvalue weighted by Gasteiger charge is -2.17. The molecule has 1 heterocycles. The van der Waals surface area contributed by atoms with Crippen molar-refractivity contribution in [3.05, 3.63) is 15.8 Å². The number of hydrogen-bond donors (Lipinski definition) is 2. The van der Waals surface area contributed by atoms with E-state index in [0.717, 1.165) is 4.88 Å². The van der Waals surface area contributed by atoms with E-state index in [2.05, 4.69) is 0 Å². The molecular formula is C13H20O4S. The average Bonchev–Trinajstić information content (AvgIpc) is 2.60. The van der Waals surface area contributed by atoms with Gasteiger partial charge < -0.3 is 14.9 Å². The molecule has 0 aliphatic carbocycles. The van der Waals surface area contributed by atoms with Gasteiger partial charge in [0.15, 0.2) is 4.88 Å². The number of thiophene rings is 1. The molecule has 0 saturated carbocycles. The first-order chi connectivity index (χ1) is 8.12. The monoisotopic (exact) mass is 272 g/mol. The average molecular weight is 272 g/mol. The number of ether oxygens (including phenoxy) is 1. The van der Waals surface area contributed by atoms with Gasteiger partial charge in [-0.05, 0) is 25.3 Å². The third-order valence-electron chi connectivity index (χ3n) is 2.62. The first-order valence-electron chi connectivity index (χ1n) is 5.85. The van der Waals surface area contributed by atoms with Crippen LogP contribution in [0.25, 0.3) is 0 Å². The van der Waals surface area contributed by atoms with Crippen LogP contribution in [0.4, 0.5) is 0 Å². The minimum absolute atomic E-state index is 0.120. The van der Waals surface area contributed by atoms with Crippen LogP contribution in [0.5, 0.6) is 5.75 Å². The van der Waals surface area contributed by atoms with Crippen LogP contribution in [0.1, 0.15) is 49.2 Å². The Morgan fingerprint density at radius 2 is 1.94 bits per heavy atom. The molecule has 0 spiro atoms. The SMILES string of the molecule is CC(O)C(C)Oc1cc(C(C)(C)C)sc1C(=O)O. The molecule has 5 heteroatoms. The maximum Gasteiger partial charge on any atom is 0.349 e. The quantitative estimate of drug-likeness (QED) is 0.884. The molecular weight excluding hydrogens is 252 g/mol. The summed E-state index contributed by atoms with van der Waals surface area (Å²) in [6.07, 6.45) is -1.09. The van der Waals surface area contributed by atoms with Crippen molar-refractivity contribution >= 4 is 17.3 Å². The number of aliphatic hydroxyl groups is 1. The predicted molar refractivity (Wildman–Crippen MR) is 71.7 cm³/mol. The molecule has 1 aromatic heterocycles. The standard InChI is InChI=1S/C13H20O4S/c1-7(14)8(2)17-9-6-10(13(3,4)5)18-11(9)12(15)16/h6-8,14H,1-5H3,(H,15,16). The minimum atomic E-state index is -0.997. The molecule has 0 amide bonds. The molecule has 0 bridgehead atoms. The van der Waals surface area contributed by atoms with Crippen LogP contribution < -0.4 is 4.74 Å². The number of carboxylic acid groups (broad SMARTS) is 1. The van der Waals surface area contributed by atoms with Crippen molar-refractivity contribution in [3.63, 3.8) is 0 Å². The first kappa shape index (κ1) is 15.0. The van der Waals surface area contributed by atoms with Gasteiger partial charge in [-0.1, -0.05) is 20.8 Å². The summed E-state index contributed by atoms with van der Waals surface area (Å²) in [6, 6.07) is 1.76. The van der Waals surface area contributed by atoms with E-state index < -0.39 is 18.2 Å². The van der Waals surface area contributed by atoms with E-state index in [9.17, 15) is 9.90 Å². The Hall–Kier alpha value is -1.07. The van der Waals surface area contributed by atoms with Crippen LogP contribution in [-0.4, -0.2) is 28.4 Å². The van der Waals surface area contributed by atoms with Crippen molar-refractivity contribution in [2.24, 2.45) is 0 Å². The van der Waals surface area contributed by atoms with E-state index in [0.29, 0.717) is 5.75 Å². The van der Waals surface area contributed by atoms with Crippen molar-refractivity contribution < 1.29 is 19.7 Å². The lowest BCUT2D eigenvalue weighted by atomic mass is 9.95. The number of aliphatic hydroxyl groups excluding tert-OH is 1. The highest BCUT2D eigenvalue weighted by Crippen LogP contribution is 2.37. The Labute approximate surface area is 111 Å². The number of rotatable bonds is 4. The zero-order valence-corrected chi connectivity index (χ0v) is 12.2. The summed E-state index contributed by atoms with van der Waals surface area (Å²) in [5.41, 5.74) is -0.120. The van der Waals surface area contributed by atoms with Gasteiger partial charge in [-0.3, -0.25) is 0 Å². The minimum Gasteiger partial charge on any atom is -0.486 e. The Morgan fingerprint density at radius 1 is 1.39 bits per heavy atom. The molecule has 102 valence electrons. The van der Waals surface area contributed by atoms with Crippen LogP contribution in [0.2, 0.25) is 0 Å². The van der Waals surface area contributed by atoms with Crippen molar-refractivity contribution in [2.45, 2.75) is 52.2 Å². The van der Waals surface area contributed by atoms with Crippen molar-refractivity contribution in [3.8, 4) is 5.75 Å². The summed E-state index contributed by atoms with van der Waals surface area (Å²) in [4.78, 5) is 12.3. The molecule has 0 radical (unpaired) electrons. The van der Waals surface area contributed by atoms with Gasteiger partial charge in [0.25, 0.3) is 0 Å². The van der Waals surface area contributed by atoms with E-state index in [1.165, 1.54) is 11.3 Å². The van der Waals surface area contributed by atoms with E-state index in [1.54, 1.807) is 19.9 Å². The van der Waals surface area contributed by atoms with Gasteiger partial charge in [0.2, 0.25) is 0 Å². The molecule has 0 fully saturated rings. The van der Waals surface area contributed by atoms with Crippen molar-refractivity contribution in [2.75, 3.05) is 0 Å². The Kier molecular flexibility index (Phi) is 4.40. The fourth-order valence-electron chi connectivity index (χ4n) is 1.28. The van der Waals surface area contributed by atoms with Gasteiger partial charge in [-0.2, -0.15) is 0 Å². The number of hydrogen-bond acceptors (Lipinski definition) is 4. The molecule has 4 nitrogen and oxygen atoms in total. The third-order valence-corrected chi connectivity index (χ3v) is 4.15. The topological polar surface area (TPSA) is 66.8 Å². The molecule has 18 heavy (non-hydrogen) atoms. The number of aromatic carboxylic acids is 1. The predicted octanol–water partition coefficient (Wildman–Crippen LogP) is 2.89. The van der Waals surface area contributed by atoms with Crippen molar-refractivity contribution in [1.82, 2.24) is 0 Å². The van der Waals surface area contributed by atoms with Gasteiger partial charge in [-0.25, -0.2) is 4.79 Å². The van der Waals surface area contributed by atoms with Crippen LogP contribution in [0.15, 0.2) is 6.07 Å². The van der Waals surface area contributed by atoms with Gasteiger partial charge in [0, 0.05) is 4.88 Å². The summed E-state index contributed by atoms with van der Waals surface area (Å²) in [6.45, 7) is 9.39. The summed E-state index contributed by atoms with van der Waals surface area (Å²) < 4.78 is 5.52. The number of carbonyl (C=O) groups is 1. The molecule has 2 atom stereocenters. The molecule has 1 rings (SSSR count). The molecule has 1 aromatic rings. The zero-order chi connectivity index (χ0) is 14.1. The highest BCUT2D eigenvalue weighted by atomic mass is 32.1. The normalized spacial score (nSPS) is 15.2. The Morgan fingerprint density at radius 3 is 2.33 bits per heavy atom. The Balaban J connectivity index is 3.10. The molecule has 0 aromatic carbocycles. The second kappa shape index (κ2) is 5.28. The van der Waals surface area contributed by atoms with Gasteiger partial charge in [0.05, 0.1) is 6.10 Å². The molecule has 0 aliphatic heterocycles. The maximum atomic E-state index is 11.2. The van der Waals surface area contributed by atoms with Crippen LogP contribution in [-0.2, 0) is 5.41 Å². The maximum absolute atomic E-state index is 11.2. The molecule has 2 unspecified atom stereocenters. The lowest BCUT2D eigenvalue weighted by molar-refractivity contribution is 0.0567. The largest absolute Gasteiger partial charge is 0.486 e. The van der Waals surface area contributed by atoms with Crippen molar-refractivity contribution in [1.29, 1.82) is 0 Å². The summed E-state index contributed by atoms with van der Waals surface area (Å²) >= 11 is 1.22. The Bertz CT molecular complexity index is 429. The molecule has 0 aliphatic rings. The second-order valence-corrected chi connectivity index (χ2v) is 6.47. The summed E-state index contributed by atoms with van der Waals surface area (Å²) in [5.74, 6) is -0.658. The lowest BCUT2D eigenvalue weighted by Crippen LogP contribution is -2.26. The summed E-state index contributed by atoms with van der Waals surface area (Å²) in [5, 5.41) is 18.6. The smallest absolute Gasteiger partial charge is 0.349 e. The van der Waals surface area contributed by atoms with Gasteiger partial charge in [-0.15, -0.1) is 11.3 Å². The molecule has 0 saturated heterocycles. The highest BCUT2D eigenvalue weighted by Gasteiger charge is 2.25. The third kappa shape index (κ3) is 3.46. The van der Waals surface area contributed by atoms with Crippen LogP contribution in [0.3, 0.4) is 0 Å². The highest BCUT2D eigenvalue weighted by molar-refractivity contribution is 7.14. The number of carboxylic acids is 1. The van der Waals surface area contributed by atoms with E-state index >= 15 is 0 Å². The second-order valence-electron chi connectivity index (χ2n) is 5.42. The zero-order valence-electron chi connectivity index (χ0n) is 11.4. The summed E-state index contributed by atoms with van der Waals surface area (Å²) in [7, 11) is 0. The van der Waals surface area contributed by atoms with E-state index in [-0.39, 0.29) is 10.3 Å². The van der Waals surface area contributed by atoms with Crippen LogP contribution in [0, 0.1) is 0 Å². The fraction of sp³-hybridized carbons (Fsp3) is 0.615. The fourth-order valence-corrected chi connectivity index (χ4v) is 2.27. The first-order valence-corrected chi connectivity index (χ1v) is 6.67.